The van der Waals surface area contributed by atoms with E-state index >= 15 is 0 Å². The molecular formula is C18H20O5. The highest BCUT2D eigenvalue weighted by atomic mass is 16.7. The minimum absolute atomic E-state index is 0.297. The smallest absolute Gasteiger partial charge is 0.334 e. The SMILES string of the molecule is C=CC(=O)OC(CCC)Oc1ccc(C2CC(=C)C(=O)O2)cc1. The molecular weight excluding hydrogens is 296 g/mol. The van der Waals surface area contributed by atoms with Crippen LogP contribution >= 0.6 is 0 Å². The lowest BCUT2D eigenvalue weighted by Crippen LogP contribution is -2.23. The van der Waals surface area contributed by atoms with E-state index in [2.05, 4.69) is 13.2 Å². The van der Waals surface area contributed by atoms with E-state index in [9.17, 15) is 9.59 Å². The van der Waals surface area contributed by atoms with Crippen LogP contribution in [0.4, 0.5) is 0 Å². The average molecular weight is 316 g/mol. The molecule has 5 nitrogen and oxygen atoms in total. The van der Waals surface area contributed by atoms with Crippen molar-refractivity contribution in [2.45, 2.75) is 38.6 Å². The van der Waals surface area contributed by atoms with E-state index in [1.807, 2.05) is 19.1 Å². The topological polar surface area (TPSA) is 61.8 Å². The van der Waals surface area contributed by atoms with Crippen LogP contribution in [0.5, 0.6) is 5.75 Å². The zero-order valence-electron chi connectivity index (χ0n) is 13.1. The van der Waals surface area contributed by atoms with E-state index < -0.39 is 12.3 Å². The van der Waals surface area contributed by atoms with Crippen molar-refractivity contribution in [3.63, 3.8) is 0 Å². The molecule has 0 radical (unpaired) electrons. The van der Waals surface area contributed by atoms with Gasteiger partial charge in [0, 0.05) is 24.5 Å². The van der Waals surface area contributed by atoms with Crippen molar-refractivity contribution in [2.75, 3.05) is 0 Å². The van der Waals surface area contributed by atoms with Crippen molar-refractivity contribution in [3.8, 4) is 5.75 Å². The van der Waals surface area contributed by atoms with Gasteiger partial charge in [-0.2, -0.15) is 0 Å². The fourth-order valence-corrected chi connectivity index (χ4v) is 2.22. The Kier molecular flexibility index (Phi) is 5.57. The van der Waals surface area contributed by atoms with Crippen LogP contribution in [0.1, 0.15) is 37.9 Å². The second-order valence-corrected chi connectivity index (χ2v) is 5.25. The number of esters is 2. The van der Waals surface area contributed by atoms with Crippen molar-refractivity contribution >= 4 is 11.9 Å². The highest BCUT2D eigenvalue weighted by molar-refractivity contribution is 5.90. The number of rotatable bonds is 7. The highest BCUT2D eigenvalue weighted by Gasteiger charge is 2.28. The third-order valence-electron chi connectivity index (χ3n) is 3.43. The Morgan fingerprint density at radius 2 is 2.13 bits per heavy atom. The molecule has 0 N–H and O–H groups in total. The maximum absolute atomic E-state index is 11.4. The van der Waals surface area contributed by atoms with Crippen LogP contribution in [0.15, 0.2) is 49.1 Å². The first-order chi connectivity index (χ1) is 11.0. The first kappa shape index (κ1) is 16.8. The van der Waals surface area contributed by atoms with Crippen LogP contribution in [0, 0.1) is 0 Å². The molecule has 1 heterocycles. The van der Waals surface area contributed by atoms with E-state index in [1.54, 1.807) is 12.1 Å². The molecule has 1 aliphatic heterocycles. The van der Waals surface area contributed by atoms with Crippen LogP contribution in [-0.4, -0.2) is 18.2 Å². The summed E-state index contributed by atoms with van der Waals surface area (Å²) < 4.78 is 16.0. The number of ether oxygens (including phenoxy) is 3. The van der Waals surface area contributed by atoms with Crippen molar-refractivity contribution < 1.29 is 23.8 Å². The lowest BCUT2D eigenvalue weighted by atomic mass is 10.1. The van der Waals surface area contributed by atoms with Gasteiger partial charge in [-0.3, -0.25) is 0 Å². The average Bonchev–Trinajstić information content (AvgIpc) is 2.87. The van der Waals surface area contributed by atoms with E-state index in [4.69, 9.17) is 14.2 Å². The van der Waals surface area contributed by atoms with Crippen molar-refractivity contribution in [3.05, 3.63) is 54.6 Å². The number of hydrogen-bond acceptors (Lipinski definition) is 5. The second kappa shape index (κ2) is 7.63. The van der Waals surface area contributed by atoms with Crippen LogP contribution in [-0.2, 0) is 19.1 Å². The molecule has 0 bridgehead atoms. The third kappa shape index (κ3) is 4.45. The van der Waals surface area contributed by atoms with Gasteiger partial charge in [-0.1, -0.05) is 32.2 Å². The van der Waals surface area contributed by atoms with E-state index in [0.717, 1.165) is 18.1 Å². The van der Waals surface area contributed by atoms with Gasteiger partial charge < -0.3 is 14.2 Å². The van der Waals surface area contributed by atoms with Crippen molar-refractivity contribution in [1.82, 2.24) is 0 Å². The van der Waals surface area contributed by atoms with Crippen LogP contribution in [0.2, 0.25) is 0 Å². The van der Waals surface area contributed by atoms with Crippen LogP contribution in [0.3, 0.4) is 0 Å². The molecule has 2 rings (SSSR count). The van der Waals surface area contributed by atoms with Gasteiger partial charge in [-0.25, -0.2) is 9.59 Å². The lowest BCUT2D eigenvalue weighted by Gasteiger charge is -2.18. The number of hydrogen-bond donors (Lipinski definition) is 0. The monoisotopic (exact) mass is 316 g/mol. The molecule has 2 unspecified atom stereocenters. The molecule has 2 atom stereocenters. The number of carbonyl (C=O) groups excluding carboxylic acids is 2. The van der Waals surface area contributed by atoms with Gasteiger partial charge in [0.15, 0.2) is 0 Å². The van der Waals surface area contributed by atoms with Gasteiger partial charge in [0.25, 0.3) is 0 Å². The quantitative estimate of drug-likeness (QED) is 0.438. The Morgan fingerprint density at radius 3 is 2.65 bits per heavy atom. The molecule has 1 fully saturated rings. The van der Waals surface area contributed by atoms with Gasteiger partial charge in [-0.15, -0.1) is 0 Å². The summed E-state index contributed by atoms with van der Waals surface area (Å²) in [5.74, 6) is -0.293. The number of carbonyl (C=O) groups is 2. The summed E-state index contributed by atoms with van der Waals surface area (Å²) in [6.45, 7) is 9.01. The fraction of sp³-hybridized carbons (Fsp3) is 0.333. The summed E-state index contributed by atoms with van der Waals surface area (Å²) in [7, 11) is 0. The molecule has 1 saturated heterocycles. The molecule has 0 aromatic heterocycles. The Bertz CT molecular complexity index is 586. The fourth-order valence-electron chi connectivity index (χ4n) is 2.22. The van der Waals surface area contributed by atoms with E-state index in [0.29, 0.717) is 24.2 Å². The van der Waals surface area contributed by atoms with Gasteiger partial charge in [-0.05, 0) is 24.1 Å². The molecule has 0 aliphatic carbocycles. The normalized spacial score (nSPS) is 18.2. The van der Waals surface area contributed by atoms with E-state index in [-0.39, 0.29) is 12.1 Å². The number of benzene rings is 1. The maximum atomic E-state index is 11.4. The Morgan fingerprint density at radius 1 is 1.43 bits per heavy atom. The Balaban J connectivity index is 2.00. The summed E-state index contributed by atoms with van der Waals surface area (Å²) in [6, 6.07) is 7.16. The summed E-state index contributed by atoms with van der Waals surface area (Å²) in [5.41, 5.74) is 1.36. The van der Waals surface area contributed by atoms with Gasteiger partial charge >= 0.3 is 11.9 Å². The van der Waals surface area contributed by atoms with Gasteiger partial charge in [0.2, 0.25) is 6.29 Å². The van der Waals surface area contributed by atoms with Gasteiger partial charge in [0.05, 0.1) is 0 Å². The third-order valence-corrected chi connectivity index (χ3v) is 3.43. The molecule has 122 valence electrons. The molecule has 23 heavy (non-hydrogen) atoms. The summed E-state index contributed by atoms with van der Waals surface area (Å²) in [5, 5.41) is 0. The lowest BCUT2D eigenvalue weighted by molar-refractivity contribution is -0.158. The maximum Gasteiger partial charge on any atom is 0.334 e. The second-order valence-electron chi connectivity index (χ2n) is 5.25. The number of cyclic esters (lactones) is 1. The molecule has 1 aromatic carbocycles. The first-order valence-electron chi connectivity index (χ1n) is 7.52. The van der Waals surface area contributed by atoms with Crippen molar-refractivity contribution in [2.24, 2.45) is 0 Å². The largest absolute Gasteiger partial charge is 0.455 e. The predicted molar refractivity (Wildman–Crippen MR) is 84.6 cm³/mol. The summed E-state index contributed by atoms with van der Waals surface area (Å²) >= 11 is 0. The molecule has 0 spiro atoms. The minimum atomic E-state index is -0.652. The standard InChI is InChI=1S/C18H20O5/c1-4-6-17(23-16(19)5-2)21-14-9-7-13(8-10-14)15-11-12(3)18(20)22-15/h5,7-10,15,17H,2-4,6,11H2,1H3. The van der Waals surface area contributed by atoms with Gasteiger partial charge in [0.1, 0.15) is 11.9 Å². The zero-order valence-corrected chi connectivity index (χ0v) is 13.1. The Labute approximate surface area is 135 Å². The van der Waals surface area contributed by atoms with Crippen molar-refractivity contribution in [1.29, 1.82) is 0 Å². The molecule has 0 amide bonds. The Hall–Kier alpha value is -2.56. The minimum Gasteiger partial charge on any atom is -0.455 e. The molecule has 1 aliphatic rings. The summed E-state index contributed by atoms with van der Waals surface area (Å²) in [4.78, 5) is 22.7. The van der Waals surface area contributed by atoms with Crippen LogP contribution in [0.25, 0.3) is 0 Å². The molecule has 0 saturated carbocycles. The zero-order chi connectivity index (χ0) is 16.8. The first-order valence-corrected chi connectivity index (χ1v) is 7.52. The molecule has 5 heteroatoms. The molecule has 1 aromatic rings. The highest BCUT2D eigenvalue weighted by Crippen LogP contribution is 2.33. The summed E-state index contributed by atoms with van der Waals surface area (Å²) in [6.07, 6.45) is 2.05. The van der Waals surface area contributed by atoms with E-state index in [1.165, 1.54) is 0 Å². The predicted octanol–water partition coefficient (Wildman–Crippen LogP) is 3.47. The van der Waals surface area contributed by atoms with Crippen LogP contribution < -0.4 is 4.74 Å².